The third-order valence-electron chi connectivity index (χ3n) is 2.04. The Kier molecular flexibility index (Phi) is 3.29. The third kappa shape index (κ3) is 3.05. The largest absolute Gasteiger partial charge is 0.370 e. The fraction of sp³-hybridized carbons (Fsp3) is 0.667. The number of carbonyl (C=O) groups is 1. The summed E-state index contributed by atoms with van der Waals surface area (Å²) in [5.74, 6) is -0.235. The van der Waals surface area contributed by atoms with E-state index in [2.05, 4.69) is 17.5 Å². The molecule has 0 bridgehead atoms. The van der Waals surface area contributed by atoms with Crippen molar-refractivity contribution in [3.05, 3.63) is 12.2 Å². The average molecular weight is 168 g/mol. The molecule has 3 nitrogen and oxygen atoms in total. The van der Waals surface area contributed by atoms with Crippen molar-refractivity contribution in [3.63, 3.8) is 0 Å². The van der Waals surface area contributed by atoms with Crippen LogP contribution in [0.15, 0.2) is 12.2 Å². The van der Waals surface area contributed by atoms with Gasteiger partial charge in [-0.3, -0.25) is 4.79 Å². The number of hydrogen-bond donors (Lipinski definition) is 2. The Bertz CT molecular complexity index is 181. The first-order chi connectivity index (χ1) is 5.68. The predicted molar refractivity (Wildman–Crippen MR) is 48.6 cm³/mol. The summed E-state index contributed by atoms with van der Waals surface area (Å²) in [4.78, 5) is 10.6. The summed E-state index contributed by atoms with van der Waals surface area (Å²) in [5.41, 5.74) is 5.07. The molecule has 3 heteroatoms. The van der Waals surface area contributed by atoms with Gasteiger partial charge in [0.15, 0.2) is 0 Å². The molecule has 0 spiro atoms. The van der Waals surface area contributed by atoms with Gasteiger partial charge in [0.1, 0.15) is 0 Å². The summed E-state index contributed by atoms with van der Waals surface area (Å²) in [6.07, 6.45) is 6.89. The first kappa shape index (κ1) is 9.26. The molecule has 0 fully saturated rings. The molecule has 1 rings (SSSR count). The van der Waals surface area contributed by atoms with Gasteiger partial charge in [-0.25, -0.2) is 0 Å². The van der Waals surface area contributed by atoms with Crippen LogP contribution in [0.25, 0.3) is 0 Å². The summed E-state index contributed by atoms with van der Waals surface area (Å²) >= 11 is 0. The summed E-state index contributed by atoms with van der Waals surface area (Å²) in [6, 6.07) is 0.715. The van der Waals surface area contributed by atoms with Crippen molar-refractivity contribution in [3.8, 4) is 0 Å². The molecule has 1 amide bonds. The van der Waals surface area contributed by atoms with Gasteiger partial charge in [0.05, 0.1) is 0 Å². The van der Waals surface area contributed by atoms with Crippen LogP contribution in [0.4, 0.5) is 0 Å². The van der Waals surface area contributed by atoms with Crippen LogP contribution in [0.3, 0.4) is 0 Å². The highest BCUT2D eigenvalue weighted by Crippen LogP contribution is 2.10. The van der Waals surface area contributed by atoms with Crippen LogP contribution in [0.1, 0.15) is 26.2 Å². The van der Waals surface area contributed by atoms with E-state index in [1.165, 1.54) is 0 Å². The molecule has 68 valence electrons. The molecule has 0 saturated heterocycles. The van der Waals surface area contributed by atoms with Crippen molar-refractivity contribution in [1.29, 1.82) is 0 Å². The minimum absolute atomic E-state index is 0.201. The van der Waals surface area contributed by atoms with Crippen LogP contribution in [-0.4, -0.2) is 18.0 Å². The Labute approximate surface area is 73.0 Å². The first-order valence-corrected chi connectivity index (χ1v) is 4.38. The van der Waals surface area contributed by atoms with Gasteiger partial charge < -0.3 is 11.1 Å². The molecular weight excluding hydrogens is 152 g/mol. The molecule has 0 aromatic carbocycles. The molecule has 0 radical (unpaired) electrons. The van der Waals surface area contributed by atoms with E-state index in [0.717, 1.165) is 12.8 Å². The zero-order valence-corrected chi connectivity index (χ0v) is 7.42. The van der Waals surface area contributed by atoms with Gasteiger partial charge in [-0.15, -0.1) is 0 Å². The van der Waals surface area contributed by atoms with Crippen molar-refractivity contribution in [1.82, 2.24) is 5.32 Å². The van der Waals surface area contributed by atoms with E-state index in [-0.39, 0.29) is 11.9 Å². The molecule has 0 aromatic heterocycles. The molecule has 1 aliphatic carbocycles. The van der Waals surface area contributed by atoms with Gasteiger partial charge in [0, 0.05) is 18.5 Å². The Balaban J connectivity index is 2.17. The molecule has 1 atom stereocenters. The van der Waals surface area contributed by atoms with E-state index >= 15 is 0 Å². The maximum Gasteiger partial charge on any atom is 0.218 e. The second-order valence-electron chi connectivity index (χ2n) is 3.38. The maximum absolute atomic E-state index is 10.6. The normalized spacial score (nSPS) is 19.8. The monoisotopic (exact) mass is 168 g/mol. The highest BCUT2D eigenvalue weighted by atomic mass is 16.1. The summed E-state index contributed by atoms with van der Waals surface area (Å²) in [6.45, 7) is 1.99. The SMILES string of the molecule is CC(CC(N)=O)NC1CC=CC1. The standard InChI is InChI=1S/C9H16N2O/c1-7(6-9(10)12)11-8-4-2-3-5-8/h2-3,7-8,11H,4-6H2,1H3,(H2,10,12). The van der Waals surface area contributed by atoms with E-state index in [4.69, 9.17) is 5.73 Å². The second-order valence-corrected chi connectivity index (χ2v) is 3.38. The van der Waals surface area contributed by atoms with E-state index < -0.39 is 0 Å². The van der Waals surface area contributed by atoms with Crippen LogP contribution in [0.5, 0.6) is 0 Å². The average Bonchev–Trinajstić information content (AvgIpc) is 2.37. The number of nitrogens with two attached hydrogens (primary N) is 1. The maximum atomic E-state index is 10.6. The van der Waals surface area contributed by atoms with Gasteiger partial charge in [-0.2, -0.15) is 0 Å². The van der Waals surface area contributed by atoms with Crippen molar-refractivity contribution >= 4 is 5.91 Å². The number of hydrogen-bond acceptors (Lipinski definition) is 2. The van der Waals surface area contributed by atoms with Gasteiger partial charge in [-0.1, -0.05) is 12.2 Å². The predicted octanol–water partition coefficient (Wildman–Crippen LogP) is 0.558. The van der Waals surface area contributed by atoms with Crippen molar-refractivity contribution in [2.24, 2.45) is 5.73 Å². The van der Waals surface area contributed by atoms with E-state index in [0.29, 0.717) is 12.5 Å². The Morgan fingerprint density at radius 1 is 1.67 bits per heavy atom. The molecule has 0 heterocycles. The molecule has 12 heavy (non-hydrogen) atoms. The smallest absolute Gasteiger partial charge is 0.218 e. The van der Waals surface area contributed by atoms with Crippen LogP contribution >= 0.6 is 0 Å². The molecule has 3 N–H and O–H groups in total. The lowest BCUT2D eigenvalue weighted by Gasteiger charge is -2.17. The minimum atomic E-state index is -0.235. The highest BCUT2D eigenvalue weighted by Gasteiger charge is 2.13. The van der Waals surface area contributed by atoms with Gasteiger partial charge in [-0.05, 0) is 19.8 Å². The van der Waals surface area contributed by atoms with Crippen LogP contribution in [0.2, 0.25) is 0 Å². The minimum Gasteiger partial charge on any atom is -0.370 e. The van der Waals surface area contributed by atoms with Crippen molar-refractivity contribution in [2.45, 2.75) is 38.3 Å². The quantitative estimate of drug-likeness (QED) is 0.603. The van der Waals surface area contributed by atoms with E-state index in [9.17, 15) is 4.79 Å². The highest BCUT2D eigenvalue weighted by molar-refractivity contribution is 5.74. The lowest BCUT2D eigenvalue weighted by atomic mass is 10.1. The van der Waals surface area contributed by atoms with E-state index in [1.807, 2.05) is 6.92 Å². The lowest BCUT2D eigenvalue weighted by molar-refractivity contribution is -0.118. The van der Waals surface area contributed by atoms with E-state index in [1.54, 1.807) is 0 Å². The number of primary amides is 1. The summed E-state index contributed by atoms with van der Waals surface area (Å²) in [5, 5.41) is 3.35. The van der Waals surface area contributed by atoms with Crippen molar-refractivity contribution < 1.29 is 4.79 Å². The van der Waals surface area contributed by atoms with Crippen LogP contribution in [0, 0.1) is 0 Å². The number of carbonyl (C=O) groups excluding carboxylic acids is 1. The van der Waals surface area contributed by atoms with Crippen molar-refractivity contribution in [2.75, 3.05) is 0 Å². The molecule has 0 aliphatic heterocycles. The molecule has 0 saturated carbocycles. The van der Waals surface area contributed by atoms with Gasteiger partial charge >= 0.3 is 0 Å². The fourth-order valence-electron chi connectivity index (χ4n) is 1.52. The third-order valence-corrected chi connectivity index (χ3v) is 2.04. The summed E-state index contributed by atoms with van der Waals surface area (Å²) in [7, 11) is 0. The molecule has 1 aliphatic rings. The molecule has 0 aromatic rings. The van der Waals surface area contributed by atoms with Gasteiger partial charge in [0.2, 0.25) is 5.91 Å². The number of rotatable bonds is 4. The van der Waals surface area contributed by atoms with Crippen LogP contribution in [-0.2, 0) is 4.79 Å². The molecule has 1 unspecified atom stereocenters. The zero-order valence-electron chi connectivity index (χ0n) is 7.42. The zero-order chi connectivity index (χ0) is 8.97. The summed E-state index contributed by atoms with van der Waals surface area (Å²) < 4.78 is 0. The lowest BCUT2D eigenvalue weighted by Crippen LogP contribution is -2.37. The Morgan fingerprint density at radius 2 is 2.25 bits per heavy atom. The first-order valence-electron chi connectivity index (χ1n) is 4.38. The Morgan fingerprint density at radius 3 is 2.75 bits per heavy atom. The topological polar surface area (TPSA) is 55.1 Å². The number of nitrogens with one attached hydrogen (secondary N) is 1. The van der Waals surface area contributed by atoms with Gasteiger partial charge in [0.25, 0.3) is 0 Å². The second kappa shape index (κ2) is 4.26. The number of amides is 1. The Hall–Kier alpha value is -0.830. The fourth-order valence-corrected chi connectivity index (χ4v) is 1.52. The van der Waals surface area contributed by atoms with Crippen LogP contribution < -0.4 is 11.1 Å². The molecular formula is C9H16N2O.